The van der Waals surface area contributed by atoms with E-state index in [2.05, 4.69) is 15.8 Å². The smallest absolute Gasteiger partial charge is 0.259 e. The number of carbonyl (C=O) groups excluding carboxylic acids is 2. The van der Waals surface area contributed by atoms with Crippen molar-refractivity contribution in [1.82, 2.24) is 10.7 Å². The van der Waals surface area contributed by atoms with Crippen LogP contribution in [0.1, 0.15) is 28.4 Å². The van der Waals surface area contributed by atoms with Crippen LogP contribution in [0.4, 0.5) is 0 Å². The average molecular weight is 339 g/mol. The molecule has 0 fully saturated rings. The van der Waals surface area contributed by atoms with E-state index in [9.17, 15) is 9.59 Å². The highest BCUT2D eigenvalue weighted by Crippen LogP contribution is 2.15. The zero-order chi connectivity index (χ0) is 18.1. The molecule has 0 heterocycles. The summed E-state index contributed by atoms with van der Waals surface area (Å²) in [5.41, 5.74) is 4.54. The van der Waals surface area contributed by atoms with Gasteiger partial charge in [-0.25, -0.2) is 5.43 Å². The summed E-state index contributed by atoms with van der Waals surface area (Å²) in [4.78, 5) is 23.8. The van der Waals surface area contributed by atoms with Crippen LogP contribution in [0.5, 0.6) is 5.75 Å². The van der Waals surface area contributed by atoms with Gasteiger partial charge in [-0.1, -0.05) is 30.3 Å². The van der Waals surface area contributed by atoms with Crippen LogP contribution < -0.4 is 15.5 Å². The van der Waals surface area contributed by atoms with Crippen LogP contribution in [-0.4, -0.2) is 31.2 Å². The summed E-state index contributed by atoms with van der Waals surface area (Å²) in [5, 5.41) is 6.47. The topological polar surface area (TPSA) is 79.8 Å². The van der Waals surface area contributed by atoms with Gasteiger partial charge in [-0.15, -0.1) is 0 Å². The van der Waals surface area contributed by atoms with Crippen LogP contribution in [0.15, 0.2) is 53.6 Å². The van der Waals surface area contributed by atoms with E-state index < -0.39 is 5.91 Å². The lowest BCUT2D eigenvalue weighted by atomic mass is 10.1. The molecule has 0 saturated carbocycles. The molecule has 0 bridgehead atoms. The van der Waals surface area contributed by atoms with E-state index in [1.165, 1.54) is 6.21 Å². The molecule has 0 saturated heterocycles. The predicted octanol–water partition coefficient (Wildman–Crippen LogP) is 2.27. The highest BCUT2D eigenvalue weighted by Gasteiger charge is 2.09. The summed E-state index contributed by atoms with van der Waals surface area (Å²) in [6.45, 7) is 4.13. The van der Waals surface area contributed by atoms with Gasteiger partial charge in [0.05, 0.1) is 19.4 Å². The van der Waals surface area contributed by atoms with Crippen LogP contribution >= 0.6 is 0 Å². The molecule has 6 heteroatoms. The number of hydrazone groups is 1. The number of nitrogens with zero attached hydrogens (tertiary/aromatic N) is 1. The van der Waals surface area contributed by atoms with Crippen molar-refractivity contribution in [2.45, 2.75) is 13.8 Å². The van der Waals surface area contributed by atoms with Crippen LogP contribution in [0, 0.1) is 6.92 Å². The van der Waals surface area contributed by atoms with Gasteiger partial charge in [-0.3, -0.25) is 9.59 Å². The molecule has 2 rings (SSSR count). The molecule has 2 N–H and O–H groups in total. The minimum atomic E-state index is -0.410. The normalized spacial score (nSPS) is 10.5. The van der Waals surface area contributed by atoms with E-state index in [0.717, 1.165) is 11.1 Å². The lowest BCUT2D eigenvalue weighted by molar-refractivity contribution is -0.120. The summed E-state index contributed by atoms with van der Waals surface area (Å²) in [7, 11) is 0. The Hall–Kier alpha value is -3.15. The third-order valence-corrected chi connectivity index (χ3v) is 3.41. The third-order valence-electron chi connectivity index (χ3n) is 3.41. The molecule has 6 nitrogen and oxygen atoms in total. The zero-order valence-corrected chi connectivity index (χ0v) is 14.3. The first-order valence-electron chi connectivity index (χ1n) is 7.99. The minimum Gasteiger partial charge on any atom is -0.493 e. The lowest BCUT2D eigenvalue weighted by Crippen LogP contribution is -2.35. The first-order chi connectivity index (χ1) is 12.1. The Bertz CT molecular complexity index is 772. The van der Waals surface area contributed by atoms with Crippen LogP contribution in [0.3, 0.4) is 0 Å². The molecular formula is C19H21N3O3. The van der Waals surface area contributed by atoms with E-state index in [1.54, 1.807) is 12.1 Å². The van der Waals surface area contributed by atoms with E-state index in [4.69, 9.17) is 4.74 Å². The van der Waals surface area contributed by atoms with Crippen LogP contribution in [-0.2, 0) is 4.79 Å². The van der Waals surface area contributed by atoms with Gasteiger partial charge in [0.1, 0.15) is 5.75 Å². The number of nitrogens with one attached hydrogen (secondary N) is 2. The molecule has 0 unspecified atom stereocenters. The molecule has 2 aromatic carbocycles. The van der Waals surface area contributed by atoms with Gasteiger partial charge in [-0.2, -0.15) is 5.10 Å². The van der Waals surface area contributed by atoms with Gasteiger partial charge < -0.3 is 10.1 Å². The quantitative estimate of drug-likeness (QED) is 0.600. The lowest BCUT2D eigenvalue weighted by Gasteiger charge is -2.07. The van der Waals surface area contributed by atoms with Gasteiger partial charge >= 0.3 is 0 Å². The maximum absolute atomic E-state index is 12.0. The van der Waals surface area contributed by atoms with E-state index in [-0.39, 0.29) is 12.5 Å². The highest BCUT2D eigenvalue weighted by atomic mass is 16.5. The molecule has 0 radical (unpaired) electrons. The van der Waals surface area contributed by atoms with Crippen molar-refractivity contribution in [1.29, 1.82) is 0 Å². The molecule has 0 aliphatic heterocycles. The summed E-state index contributed by atoms with van der Waals surface area (Å²) >= 11 is 0. The molecule has 0 aliphatic rings. The first kappa shape index (κ1) is 18.2. The Morgan fingerprint density at radius 2 is 1.84 bits per heavy atom. The standard InChI is InChI=1S/C19H21N3O3/c1-3-25-17-11-7-5-9-15(17)12-21-22-18(23)13-20-19(24)16-10-6-4-8-14(16)2/h4-12H,3,13H2,1-2H3,(H,20,24)(H,22,23)/b21-12+. The zero-order valence-electron chi connectivity index (χ0n) is 14.3. The number of hydrogen-bond donors (Lipinski definition) is 2. The number of para-hydroxylation sites is 1. The number of ether oxygens (including phenoxy) is 1. The summed E-state index contributed by atoms with van der Waals surface area (Å²) in [5.74, 6) is -0.0122. The van der Waals surface area contributed by atoms with Gasteiger partial charge in [0.15, 0.2) is 0 Å². The van der Waals surface area contributed by atoms with Crippen molar-refractivity contribution < 1.29 is 14.3 Å². The van der Waals surface area contributed by atoms with Gasteiger partial charge in [0.25, 0.3) is 11.8 Å². The van der Waals surface area contributed by atoms with Gasteiger partial charge in [0, 0.05) is 11.1 Å². The highest BCUT2D eigenvalue weighted by molar-refractivity contribution is 5.97. The Morgan fingerprint density at radius 1 is 1.12 bits per heavy atom. The van der Waals surface area contributed by atoms with E-state index >= 15 is 0 Å². The summed E-state index contributed by atoms with van der Waals surface area (Å²) in [6.07, 6.45) is 1.51. The molecule has 2 aromatic rings. The van der Waals surface area contributed by atoms with E-state index in [1.807, 2.05) is 50.2 Å². The van der Waals surface area contributed by atoms with Crippen molar-refractivity contribution in [3.8, 4) is 5.75 Å². The predicted molar refractivity (Wildman–Crippen MR) is 96.9 cm³/mol. The Balaban J connectivity index is 1.85. The Kier molecular flexibility index (Phi) is 6.71. The second-order valence-electron chi connectivity index (χ2n) is 5.26. The number of amides is 2. The number of aryl methyl sites for hydroxylation is 1. The average Bonchev–Trinajstić information content (AvgIpc) is 2.62. The van der Waals surface area contributed by atoms with Crippen LogP contribution in [0.25, 0.3) is 0 Å². The van der Waals surface area contributed by atoms with Crippen molar-refractivity contribution in [3.05, 3.63) is 65.2 Å². The second kappa shape index (κ2) is 9.22. The molecule has 130 valence electrons. The van der Waals surface area contributed by atoms with Crippen LogP contribution in [0.2, 0.25) is 0 Å². The number of hydrogen-bond acceptors (Lipinski definition) is 4. The fourth-order valence-corrected chi connectivity index (χ4v) is 2.17. The summed E-state index contributed by atoms with van der Waals surface area (Å²) in [6, 6.07) is 14.6. The molecular weight excluding hydrogens is 318 g/mol. The molecule has 2 amide bonds. The Morgan fingerprint density at radius 3 is 2.60 bits per heavy atom. The van der Waals surface area contributed by atoms with Crippen molar-refractivity contribution in [2.75, 3.05) is 13.2 Å². The fourth-order valence-electron chi connectivity index (χ4n) is 2.17. The molecule has 0 spiro atoms. The second-order valence-corrected chi connectivity index (χ2v) is 5.26. The monoisotopic (exact) mass is 339 g/mol. The van der Waals surface area contributed by atoms with Crippen molar-refractivity contribution in [3.63, 3.8) is 0 Å². The largest absolute Gasteiger partial charge is 0.493 e. The molecule has 0 atom stereocenters. The first-order valence-corrected chi connectivity index (χ1v) is 7.99. The number of carbonyl (C=O) groups is 2. The molecule has 0 aromatic heterocycles. The molecule has 0 aliphatic carbocycles. The number of benzene rings is 2. The van der Waals surface area contributed by atoms with E-state index in [0.29, 0.717) is 17.9 Å². The van der Waals surface area contributed by atoms with Crippen molar-refractivity contribution >= 4 is 18.0 Å². The van der Waals surface area contributed by atoms with Gasteiger partial charge in [0.2, 0.25) is 0 Å². The third kappa shape index (κ3) is 5.46. The van der Waals surface area contributed by atoms with Gasteiger partial charge in [-0.05, 0) is 37.6 Å². The minimum absolute atomic E-state index is 0.155. The Labute approximate surface area is 146 Å². The summed E-state index contributed by atoms with van der Waals surface area (Å²) < 4.78 is 5.47. The molecule has 25 heavy (non-hydrogen) atoms. The van der Waals surface area contributed by atoms with Crippen molar-refractivity contribution in [2.24, 2.45) is 5.10 Å². The number of rotatable bonds is 7. The SMILES string of the molecule is CCOc1ccccc1/C=N/NC(=O)CNC(=O)c1ccccc1C. The maximum Gasteiger partial charge on any atom is 0.259 e. The fraction of sp³-hybridized carbons (Fsp3) is 0.211. The maximum atomic E-state index is 12.0.